The molecule has 3 rings (SSSR count). The van der Waals surface area contributed by atoms with Crippen molar-refractivity contribution in [1.82, 2.24) is 4.90 Å². The first-order chi connectivity index (χ1) is 9.54. The van der Waals surface area contributed by atoms with Gasteiger partial charge in [-0.25, -0.2) is 0 Å². The Morgan fingerprint density at radius 2 is 1.80 bits per heavy atom. The van der Waals surface area contributed by atoms with E-state index in [-0.39, 0.29) is 6.04 Å². The Bertz CT molecular complexity index is 655. The van der Waals surface area contributed by atoms with Crippen molar-refractivity contribution < 1.29 is 0 Å². The van der Waals surface area contributed by atoms with Gasteiger partial charge in [-0.1, -0.05) is 35.3 Å². The summed E-state index contributed by atoms with van der Waals surface area (Å²) in [6.07, 6.45) is 0. The van der Waals surface area contributed by atoms with Gasteiger partial charge >= 0.3 is 0 Å². The van der Waals surface area contributed by atoms with Gasteiger partial charge in [0.1, 0.15) is 0 Å². The number of nitrogens with zero attached hydrogens (tertiary/aromatic N) is 1. The number of anilines is 1. The first-order valence-electron chi connectivity index (χ1n) is 6.61. The molecule has 2 N–H and O–H groups in total. The molecule has 1 atom stereocenters. The number of hydrogen-bond donors (Lipinski definition) is 1. The Balaban J connectivity index is 1.85. The fraction of sp³-hybridized carbons (Fsp3) is 0.250. The van der Waals surface area contributed by atoms with Crippen LogP contribution in [0.5, 0.6) is 0 Å². The summed E-state index contributed by atoms with van der Waals surface area (Å²) < 4.78 is 0. The number of nitrogen functional groups attached to an aromatic ring is 1. The fourth-order valence-electron chi connectivity index (χ4n) is 2.75. The van der Waals surface area contributed by atoms with Crippen LogP contribution in [0.3, 0.4) is 0 Å². The van der Waals surface area contributed by atoms with Crippen LogP contribution in [0.15, 0.2) is 36.4 Å². The molecule has 0 aliphatic carbocycles. The van der Waals surface area contributed by atoms with Crippen LogP contribution in [0.4, 0.5) is 5.69 Å². The van der Waals surface area contributed by atoms with Gasteiger partial charge in [0.05, 0.1) is 0 Å². The van der Waals surface area contributed by atoms with Crippen molar-refractivity contribution in [2.45, 2.75) is 26.1 Å². The second-order valence-electron chi connectivity index (χ2n) is 5.27. The van der Waals surface area contributed by atoms with Crippen LogP contribution in [0.1, 0.15) is 29.7 Å². The normalized spacial score (nSPS) is 16.1. The largest absolute Gasteiger partial charge is 0.399 e. The molecule has 1 aliphatic heterocycles. The monoisotopic (exact) mass is 306 g/mol. The molecule has 2 nitrogen and oxygen atoms in total. The Hall–Kier alpha value is -1.22. The Labute approximate surface area is 129 Å². The Morgan fingerprint density at radius 1 is 1.05 bits per heavy atom. The van der Waals surface area contributed by atoms with E-state index in [9.17, 15) is 0 Å². The summed E-state index contributed by atoms with van der Waals surface area (Å²) in [5.41, 5.74) is 10.4. The van der Waals surface area contributed by atoms with Gasteiger partial charge < -0.3 is 5.73 Å². The fourth-order valence-corrected chi connectivity index (χ4v) is 3.32. The third-order valence-electron chi connectivity index (χ3n) is 3.94. The highest BCUT2D eigenvalue weighted by molar-refractivity contribution is 6.35. The maximum atomic E-state index is 6.31. The van der Waals surface area contributed by atoms with Gasteiger partial charge in [0.25, 0.3) is 0 Å². The summed E-state index contributed by atoms with van der Waals surface area (Å²) in [5.74, 6) is 0. The molecule has 0 aromatic heterocycles. The van der Waals surface area contributed by atoms with E-state index in [1.807, 2.05) is 18.2 Å². The minimum Gasteiger partial charge on any atom is -0.399 e. The van der Waals surface area contributed by atoms with Crippen LogP contribution in [0, 0.1) is 0 Å². The van der Waals surface area contributed by atoms with Gasteiger partial charge in [-0.3, -0.25) is 4.90 Å². The minimum absolute atomic E-state index is 0.244. The molecule has 1 unspecified atom stereocenters. The highest BCUT2D eigenvalue weighted by Gasteiger charge is 2.25. The smallest absolute Gasteiger partial charge is 0.0468 e. The lowest BCUT2D eigenvalue weighted by molar-refractivity contribution is 0.215. The number of hydrogen-bond acceptors (Lipinski definition) is 2. The van der Waals surface area contributed by atoms with Gasteiger partial charge in [-0.05, 0) is 47.9 Å². The molecule has 4 heteroatoms. The van der Waals surface area contributed by atoms with Gasteiger partial charge in [0.2, 0.25) is 0 Å². The molecular formula is C16H16Cl2N2. The first kappa shape index (κ1) is 13.7. The summed E-state index contributed by atoms with van der Waals surface area (Å²) in [4.78, 5) is 2.39. The summed E-state index contributed by atoms with van der Waals surface area (Å²) in [7, 11) is 0. The van der Waals surface area contributed by atoms with E-state index in [2.05, 4.69) is 24.0 Å². The van der Waals surface area contributed by atoms with Gasteiger partial charge in [0.15, 0.2) is 0 Å². The molecule has 0 fully saturated rings. The molecule has 1 heterocycles. The van der Waals surface area contributed by atoms with Gasteiger partial charge in [-0.2, -0.15) is 0 Å². The summed E-state index contributed by atoms with van der Waals surface area (Å²) in [5, 5.41) is 1.39. The van der Waals surface area contributed by atoms with Gasteiger partial charge in [-0.15, -0.1) is 0 Å². The third kappa shape index (κ3) is 2.51. The van der Waals surface area contributed by atoms with E-state index < -0.39 is 0 Å². The zero-order chi connectivity index (χ0) is 14.3. The highest BCUT2D eigenvalue weighted by Crippen LogP contribution is 2.35. The number of fused-ring (bicyclic) bond motifs is 1. The SMILES string of the molecule is CC(c1ccc(Cl)cc1Cl)N1Cc2ccc(N)cc2C1. The maximum absolute atomic E-state index is 6.31. The summed E-state index contributed by atoms with van der Waals surface area (Å²) >= 11 is 12.3. The second kappa shape index (κ2) is 5.28. The van der Waals surface area contributed by atoms with Crippen molar-refractivity contribution >= 4 is 28.9 Å². The van der Waals surface area contributed by atoms with Crippen LogP contribution >= 0.6 is 23.2 Å². The van der Waals surface area contributed by atoms with Crippen molar-refractivity contribution in [2.75, 3.05) is 5.73 Å². The zero-order valence-electron chi connectivity index (χ0n) is 11.2. The van der Waals surface area contributed by atoms with Gasteiger partial charge in [0, 0.05) is 34.9 Å². The Kier molecular flexibility index (Phi) is 3.63. The quantitative estimate of drug-likeness (QED) is 0.818. The molecule has 2 aromatic rings. The lowest BCUT2D eigenvalue weighted by Crippen LogP contribution is -2.21. The number of nitrogens with two attached hydrogens (primary N) is 1. The molecule has 104 valence electrons. The molecule has 1 aliphatic rings. The topological polar surface area (TPSA) is 29.3 Å². The molecule has 0 spiro atoms. The second-order valence-corrected chi connectivity index (χ2v) is 6.12. The highest BCUT2D eigenvalue weighted by atomic mass is 35.5. The van der Waals surface area contributed by atoms with Crippen LogP contribution in [-0.2, 0) is 13.1 Å². The molecule has 0 radical (unpaired) electrons. The molecule has 2 aromatic carbocycles. The number of benzene rings is 2. The molecule has 20 heavy (non-hydrogen) atoms. The van der Waals surface area contributed by atoms with Crippen molar-refractivity contribution in [3.63, 3.8) is 0 Å². The molecule has 0 amide bonds. The first-order valence-corrected chi connectivity index (χ1v) is 7.36. The van der Waals surface area contributed by atoms with E-state index in [4.69, 9.17) is 28.9 Å². The zero-order valence-corrected chi connectivity index (χ0v) is 12.7. The van der Waals surface area contributed by atoms with Crippen molar-refractivity contribution in [1.29, 1.82) is 0 Å². The van der Waals surface area contributed by atoms with E-state index in [0.29, 0.717) is 5.02 Å². The van der Waals surface area contributed by atoms with E-state index in [1.54, 1.807) is 6.07 Å². The summed E-state index contributed by atoms with van der Waals surface area (Å²) in [6, 6.07) is 12.1. The number of halogens is 2. The van der Waals surface area contributed by atoms with Crippen LogP contribution < -0.4 is 5.73 Å². The maximum Gasteiger partial charge on any atom is 0.0468 e. The van der Waals surface area contributed by atoms with Crippen LogP contribution in [0.25, 0.3) is 0 Å². The van der Waals surface area contributed by atoms with Crippen LogP contribution in [-0.4, -0.2) is 4.90 Å². The molecule has 0 saturated heterocycles. The minimum atomic E-state index is 0.244. The van der Waals surface area contributed by atoms with E-state index >= 15 is 0 Å². The standard InChI is InChI=1S/C16H16Cl2N2/c1-10(15-5-3-13(17)7-16(15)18)20-8-11-2-4-14(19)6-12(11)9-20/h2-7,10H,8-9,19H2,1H3. The molecular weight excluding hydrogens is 291 g/mol. The predicted molar refractivity (Wildman–Crippen MR) is 85.0 cm³/mol. The summed E-state index contributed by atoms with van der Waals surface area (Å²) in [6.45, 7) is 4.00. The average Bonchev–Trinajstić information content (AvgIpc) is 2.81. The number of rotatable bonds is 2. The predicted octanol–water partition coefficient (Wildman–Crippen LogP) is 4.65. The van der Waals surface area contributed by atoms with Crippen molar-refractivity contribution in [2.24, 2.45) is 0 Å². The molecule has 0 saturated carbocycles. The van der Waals surface area contributed by atoms with Crippen molar-refractivity contribution in [3.8, 4) is 0 Å². The third-order valence-corrected chi connectivity index (χ3v) is 4.50. The van der Waals surface area contributed by atoms with E-state index in [0.717, 1.165) is 29.4 Å². The van der Waals surface area contributed by atoms with Crippen molar-refractivity contribution in [3.05, 3.63) is 63.1 Å². The van der Waals surface area contributed by atoms with E-state index in [1.165, 1.54) is 11.1 Å². The lowest BCUT2D eigenvalue weighted by Gasteiger charge is -2.25. The lowest BCUT2D eigenvalue weighted by atomic mass is 10.1. The van der Waals surface area contributed by atoms with Crippen LogP contribution in [0.2, 0.25) is 10.0 Å². The molecule has 0 bridgehead atoms. The Morgan fingerprint density at radius 3 is 2.55 bits per heavy atom. The average molecular weight is 307 g/mol.